The molecule has 1 atom stereocenters. The van der Waals surface area contributed by atoms with E-state index in [1.165, 1.54) is 21.3 Å². The molecule has 0 spiro atoms. The van der Waals surface area contributed by atoms with Crippen LogP contribution in [0.2, 0.25) is 0 Å². The van der Waals surface area contributed by atoms with E-state index < -0.39 is 0 Å². The summed E-state index contributed by atoms with van der Waals surface area (Å²) in [5.74, 6) is 0. The number of nitrogens with one attached hydrogen (secondary N) is 1. The van der Waals surface area contributed by atoms with Gasteiger partial charge in [-0.25, -0.2) is 0 Å². The average molecular weight is 322 g/mol. The van der Waals surface area contributed by atoms with E-state index in [1.807, 2.05) is 25.0 Å². The Kier molecular flexibility index (Phi) is 4.77. The minimum absolute atomic E-state index is 0.367. The van der Waals surface area contributed by atoms with Gasteiger partial charge < -0.3 is 5.32 Å². The Morgan fingerprint density at radius 2 is 2.16 bits per heavy atom. The normalized spacial score (nSPS) is 12.6. The summed E-state index contributed by atoms with van der Waals surface area (Å²) in [6, 6.07) is 9.02. The van der Waals surface area contributed by atoms with E-state index in [4.69, 9.17) is 0 Å². The lowest BCUT2D eigenvalue weighted by Crippen LogP contribution is -2.17. The first-order valence-corrected chi connectivity index (χ1v) is 7.31. The first-order chi connectivity index (χ1) is 9.11. The second-order valence-corrected chi connectivity index (χ2v) is 5.69. The van der Waals surface area contributed by atoms with E-state index in [0.29, 0.717) is 6.04 Å². The van der Waals surface area contributed by atoms with Crippen molar-refractivity contribution in [3.8, 4) is 0 Å². The van der Waals surface area contributed by atoms with Crippen LogP contribution in [0.4, 0.5) is 0 Å². The van der Waals surface area contributed by atoms with Gasteiger partial charge in [0.25, 0.3) is 0 Å². The summed E-state index contributed by atoms with van der Waals surface area (Å²) >= 11 is 3.60. The highest BCUT2D eigenvalue weighted by Crippen LogP contribution is 2.24. The summed E-state index contributed by atoms with van der Waals surface area (Å²) in [4.78, 5) is 0. The molecule has 102 valence electrons. The van der Waals surface area contributed by atoms with Gasteiger partial charge in [-0.2, -0.15) is 5.10 Å². The summed E-state index contributed by atoms with van der Waals surface area (Å²) in [5.41, 5.74) is 3.86. The van der Waals surface area contributed by atoms with Gasteiger partial charge in [0.2, 0.25) is 0 Å². The van der Waals surface area contributed by atoms with Crippen molar-refractivity contribution in [1.29, 1.82) is 0 Å². The quantitative estimate of drug-likeness (QED) is 0.914. The maximum absolute atomic E-state index is 4.21. The van der Waals surface area contributed by atoms with Crippen LogP contribution < -0.4 is 5.32 Å². The zero-order chi connectivity index (χ0) is 13.8. The van der Waals surface area contributed by atoms with Gasteiger partial charge >= 0.3 is 0 Å². The molecule has 3 nitrogen and oxygen atoms in total. The van der Waals surface area contributed by atoms with Crippen molar-refractivity contribution in [2.24, 2.45) is 7.05 Å². The smallest absolute Gasteiger partial charge is 0.0492 e. The molecule has 19 heavy (non-hydrogen) atoms. The molecule has 0 aliphatic rings. The third kappa shape index (κ3) is 3.45. The first-order valence-electron chi connectivity index (χ1n) is 6.52. The van der Waals surface area contributed by atoms with E-state index in [2.05, 4.69) is 57.5 Å². The zero-order valence-electron chi connectivity index (χ0n) is 11.7. The number of hydrogen-bond acceptors (Lipinski definition) is 2. The van der Waals surface area contributed by atoms with Crippen LogP contribution in [0.25, 0.3) is 0 Å². The van der Waals surface area contributed by atoms with Gasteiger partial charge in [0.05, 0.1) is 0 Å². The Morgan fingerprint density at radius 3 is 2.74 bits per heavy atom. The van der Waals surface area contributed by atoms with Crippen LogP contribution in [-0.2, 0) is 13.5 Å². The molecule has 0 amide bonds. The van der Waals surface area contributed by atoms with Crippen LogP contribution in [0.5, 0.6) is 0 Å². The second-order valence-electron chi connectivity index (χ2n) is 4.83. The molecule has 1 unspecified atom stereocenters. The molecule has 0 aliphatic heterocycles. The largest absolute Gasteiger partial charge is 0.313 e. The fourth-order valence-corrected chi connectivity index (χ4v) is 2.64. The number of halogens is 1. The summed E-state index contributed by atoms with van der Waals surface area (Å²) in [6.45, 7) is 2.11. The predicted molar refractivity (Wildman–Crippen MR) is 82.2 cm³/mol. The molecule has 0 saturated carbocycles. The zero-order valence-corrected chi connectivity index (χ0v) is 13.2. The SMILES string of the molecule is CNC(CCc1ccnn1C)c1ccc(C)c(Br)c1. The van der Waals surface area contributed by atoms with Crippen LogP contribution in [-0.4, -0.2) is 16.8 Å². The molecule has 0 fully saturated rings. The maximum atomic E-state index is 4.21. The molecular weight excluding hydrogens is 302 g/mol. The monoisotopic (exact) mass is 321 g/mol. The highest BCUT2D eigenvalue weighted by atomic mass is 79.9. The number of aryl methyl sites for hydroxylation is 3. The van der Waals surface area contributed by atoms with Crippen molar-refractivity contribution in [2.75, 3.05) is 7.05 Å². The molecule has 0 saturated heterocycles. The van der Waals surface area contributed by atoms with Gasteiger partial charge in [0.1, 0.15) is 0 Å². The van der Waals surface area contributed by atoms with Crippen LogP contribution >= 0.6 is 15.9 Å². The minimum atomic E-state index is 0.367. The molecule has 2 aromatic rings. The Morgan fingerprint density at radius 1 is 1.37 bits per heavy atom. The van der Waals surface area contributed by atoms with Crippen LogP contribution in [0.3, 0.4) is 0 Å². The van der Waals surface area contributed by atoms with Crippen LogP contribution in [0, 0.1) is 6.92 Å². The van der Waals surface area contributed by atoms with Crippen molar-refractivity contribution >= 4 is 15.9 Å². The predicted octanol–water partition coefficient (Wildman–Crippen LogP) is 3.38. The highest BCUT2D eigenvalue weighted by Gasteiger charge is 2.11. The third-order valence-electron chi connectivity index (χ3n) is 3.56. The molecular formula is C15H20BrN3. The van der Waals surface area contributed by atoms with Crippen molar-refractivity contribution in [1.82, 2.24) is 15.1 Å². The van der Waals surface area contributed by atoms with Gasteiger partial charge in [0.15, 0.2) is 0 Å². The van der Waals surface area contributed by atoms with Crippen molar-refractivity contribution in [3.63, 3.8) is 0 Å². The van der Waals surface area contributed by atoms with Gasteiger partial charge in [-0.05, 0) is 50.1 Å². The van der Waals surface area contributed by atoms with Gasteiger partial charge in [-0.1, -0.05) is 28.1 Å². The molecule has 0 radical (unpaired) electrons. The Bertz CT molecular complexity index is 548. The average Bonchev–Trinajstić information content (AvgIpc) is 2.80. The summed E-state index contributed by atoms with van der Waals surface area (Å²) in [6.07, 6.45) is 3.94. The Hall–Kier alpha value is -1.13. The number of benzene rings is 1. The Labute approximate surface area is 123 Å². The van der Waals surface area contributed by atoms with Gasteiger partial charge in [-0.3, -0.25) is 4.68 Å². The van der Waals surface area contributed by atoms with Crippen molar-refractivity contribution < 1.29 is 0 Å². The molecule has 0 bridgehead atoms. The van der Waals surface area contributed by atoms with E-state index >= 15 is 0 Å². The molecule has 4 heteroatoms. The van der Waals surface area contributed by atoms with E-state index in [9.17, 15) is 0 Å². The minimum Gasteiger partial charge on any atom is -0.313 e. The number of nitrogens with zero attached hydrogens (tertiary/aromatic N) is 2. The number of hydrogen-bond donors (Lipinski definition) is 1. The summed E-state index contributed by atoms with van der Waals surface area (Å²) in [5, 5.41) is 7.60. The third-order valence-corrected chi connectivity index (χ3v) is 4.41. The van der Waals surface area contributed by atoms with Crippen molar-refractivity contribution in [3.05, 3.63) is 51.8 Å². The lowest BCUT2D eigenvalue weighted by Gasteiger charge is -2.17. The maximum Gasteiger partial charge on any atom is 0.0492 e. The van der Waals surface area contributed by atoms with Gasteiger partial charge in [-0.15, -0.1) is 0 Å². The molecule has 1 N–H and O–H groups in total. The molecule has 1 aromatic carbocycles. The van der Waals surface area contributed by atoms with Gasteiger partial charge in [0, 0.05) is 29.5 Å². The standard InChI is InChI=1S/C15H20BrN3/c1-11-4-5-12(10-14(11)16)15(17-2)7-6-13-8-9-18-19(13)3/h4-5,8-10,15,17H,6-7H2,1-3H3. The number of aromatic nitrogens is 2. The second kappa shape index (κ2) is 6.35. The molecule has 1 aromatic heterocycles. The molecule has 2 rings (SSSR count). The van der Waals surface area contributed by atoms with Crippen molar-refractivity contribution in [2.45, 2.75) is 25.8 Å². The van der Waals surface area contributed by atoms with Crippen LogP contribution in [0.15, 0.2) is 34.9 Å². The fraction of sp³-hybridized carbons (Fsp3) is 0.400. The highest BCUT2D eigenvalue weighted by molar-refractivity contribution is 9.10. The fourth-order valence-electron chi connectivity index (χ4n) is 2.24. The Balaban J connectivity index is 2.07. The lowest BCUT2D eigenvalue weighted by molar-refractivity contribution is 0.535. The first kappa shape index (κ1) is 14.3. The van der Waals surface area contributed by atoms with E-state index in [-0.39, 0.29) is 0 Å². The molecule has 1 heterocycles. The van der Waals surface area contributed by atoms with Crippen LogP contribution in [0.1, 0.15) is 29.3 Å². The van der Waals surface area contributed by atoms with E-state index in [1.54, 1.807) is 0 Å². The number of rotatable bonds is 5. The lowest BCUT2D eigenvalue weighted by atomic mass is 10.00. The van der Waals surface area contributed by atoms with E-state index in [0.717, 1.165) is 12.8 Å². The topological polar surface area (TPSA) is 29.9 Å². The molecule has 0 aliphatic carbocycles. The summed E-state index contributed by atoms with van der Waals surface area (Å²) in [7, 11) is 4.01. The summed E-state index contributed by atoms with van der Waals surface area (Å²) < 4.78 is 3.11.